The Balaban J connectivity index is 2.35. The lowest BCUT2D eigenvalue weighted by atomic mass is 10.3. The van der Waals surface area contributed by atoms with E-state index in [-0.39, 0.29) is 0 Å². The Morgan fingerprint density at radius 1 is 1.53 bits per heavy atom. The smallest absolute Gasteiger partial charge is 0.257 e. The number of nitrogens with two attached hydrogens (primary N) is 1. The number of nitrogen functional groups attached to an aromatic ring is 1. The first-order chi connectivity index (χ1) is 7.20. The van der Waals surface area contributed by atoms with Gasteiger partial charge in [-0.15, -0.1) is 0 Å². The Morgan fingerprint density at radius 2 is 2.33 bits per heavy atom. The maximum Gasteiger partial charge on any atom is 0.257 e. The van der Waals surface area contributed by atoms with Gasteiger partial charge in [-0.25, -0.2) is 4.98 Å². The summed E-state index contributed by atoms with van der Waals surface area (Å²) in [6.45, 7) is 4.30. The minimum absolute atomic E-state index is 0.513. The summed E-state index contributed by atoms with van der Waals surface area (Å²) in [7, 11) is 0. The van der Waals surface area contributed by atoms with Crippen LogP contribution in [0.15, 0.2) is 27.8 Å². The highest BCUT2D eigenvalue weighted by molar-refractivity contribution is 7.99. The maximum absolute atomic E-state index is 5.80. The van der Waals surface area contributed by atoms with E-state index < -0.39 is 0 Å². The minimum Gasteiger partial charge on any atom is -0.431 e. The summed E-state index contributed by atoms with van der Waals surface area (Å²) in [6, 6.07) is 5.60. The Bertz CT molecular complexity index is 467. The summed E-state index contributed by atoms with van der Waals surface area (Å²) >= 11 is 1.64. The van der Waals surface area contributed by atoms with Gasteiger partial charge in [0.2, 0.25) is 0 Å². The molecule has 1 heterocycles. The van der Waals surface area contributed by atoms with Crippen molar-refractivity contribution in [2.45, 2.75) is 30.7 Å². The standard InChI is InChI=1S/C11H14N2OS/c1-3-7(2)15-11-13-10-8(12)5-4-6-9(10)14-11/h4-7H,3,12H2,1-2H3. The number of para-hydroxylation sites is 1. The molecule has 1 aromatic heterocycles. The van der Waals surface area contributed by atoms with Gasteiger partial charge in [-0.3, -0.25) is 0 Å². The molecule has 1 atom stereocenters. The molecule has 2 N–H and O–H groups in total. The Kier molecular flexibility index (Phi) is 2.86. The van der Waals surface area contributed by atoms with Crippen LogP contribution in [0.25, 0.3) is 11.1 Å². The molecule has 0 saturated heterocycles. The predicted molar refractivity (Wildman–Crippen MR) is 64.0 cm³/mol. The molecule has 1 aromatic carbocycles. The van der Waals surface area contributed by atoms with Crippen LogP contribution in [0, 0.1) is 0 Å². The number of nitrogens with zero attached hydrogens (tertiary/aromatic N) is 1. The lowest BCUT2D eigenvalue weighted by Crippen LogP contribution is -1.91. The van der Waals surface area contributed by atoms with Gasteiger partial charge in [0.15, 0.2) is 5.58 Å². The fourth-order valence-electron chi connectivity index (χ4n) is 1.26. The molecule has 4 heteroatoms. The van der Waals surface area contributed by atoms with E-state index in [4.69, 9.17) is 10.2 Å². The third-order valence-electron chi connectivity index (χ3n) is 2.31. The third kappa shape index (κ3) is 2.09. The average molecular weight is 222 g/mol. The van der Waals surface area contributed by atoms with Crippen LogP contribution in [0.1, 0.15) is 20.3 Å². The van der Waals surface area contributed by atoms with Crippen molar-refractivity contribution in [2.75, 3.05) is 5.73 Å². The average Bonchev–Trinajstić information content (AvgIpc) is 2.62. The second kappa shape index (κ2) is 4.14. The molecule has 0 radical (unpaired) electrons. The molecule has 0 saturated carbocycles. The molecule has 80 valence electrons. The fourth-order valence-corrected chi connectivity index (χ4v) is 2.05. The molecule has 2 aromatic rings. The lowest BCUT2D eigenvalue weighted by Gasteiger charge is -2.01. The number of hydrogen-bond donors (Lipinski definition) is 1. The van der Waals surface area contributed by atoms with Crippen molar-refractivity contribution < 1.29 is 4.42 Å². The van der Waals surface area contributed by atoms with E-state index >= 15 is 0 Å². The van der Waals surface area contributed by atoms with Crippen LogP contribution >= 0.6 is 11.8 Å². The van der Waals surface area contributed by atoms with Crippen molar-refractivity contribution in [3.05, 3.63) is 18.2 Å². The third-order valence-corrected chi connectivity index (χ3v) is 3.42. The maximum atomic E-state index is 5.80. The van der Waals surface area contributed by atoms with E-state index in [1.54, 1.807) is 11.8 Å². The summed E-state index contributed by atoms with van der Waals surface area (Å²) < 4.78 is 5.59. The van der Waals surface area contributed by atoms with Gasteiger partial charge in [0, 0.05) is 5.25 Å². The summed E-state index contributed by atoms with van der Waals surface area (Å²) in [5, 5.41) is 1.22. The van der Waals surface area contributed by atoms with E-state index in [1.165, 1.54) is 0 Å². The van der Waals surface area contributed by atoms with E-state index in [9.17, 15) is 0 Å². The van der Waals surface area contributed by atoms with Crippen molar-refractivity contribution in [2.24, 2.45) is 0 Å². The van der Waals surface area contributed by atoms with Crippen LogP contribution in [0.3, 0.4) is 0 Å². The lowest BCUT2D eigenvalue weighted by molar-refractivity contribution is 0.488. The number of fused-ring (bicyclic) bond motifs is 1. The highest BCUT2D eigenvalue weighted by Gasteiger charge is 2.10. The van der Waals surface area contributed by atoms with Crippen LogP contribution in [0.5, 0.6) is 0 Å². The summed E-state index contributed by atoms with van der Waals surface area (Å²) in [6.07, 6.45) is 1.10. The molecule has 0 amide bonds. The van der Waals surface area contributed by atoms with Crippen LogP contribution < -0.4 is 5.73 Å². The van der Waals surface area contributed by atoms with Crippen molar-refractivity contribution in [3.8, 4) is 0 Å². The van der Waals surface area contributed by atoms with E-state index in [0.29, 0.717) is 16.2 Å². The zero-order valence-corrected chi connectivity index (χ0v) is 9.67. The first-order valence-electron chi connectivity index (χ1n) is 5.02. The molecule has 0 fully saturated rings. The molecular formula is C11H14N2OS. The molecular weight excluding hydrogens is 208 g/mol. The topological polar surface area (TPSA) is 52.0 Å². The molecule has 0 aliphatic carbocycles. The van der Waals surface area contributed by atoms with E-state index in [2.05, 4.69) is 18.8 Å². The highest BCUT2D eigenvalue weighted by atomic mass is 32.2. The zero-order chi connectivity index (χ0) is 10.8. The Hall–Kier alpha value is -1.16. The first-order valence-corrected chi connectivity index (χ1v) is 5.90. The van der Waals surface area contributed by atoms with Gasteiger partial charge in [0.1, 0.15) is 5.52 Å². The van der Waals surface area contributed by atoms with Crippen molar-refractivity contribution in [3.63, 3.8) is 0 Å². The molecule has 2 rings (SSSR count). The normalized spacial score (nSPS) is 13.2. The zero-order valence-electron chi connectivity index (χ0n) is 8.86. The monoisotopic (exact) mass is 222 g/mol. The fraction of sp³-hybridized carbons (Fsp3) is 0.364. The number of aromatic nitrogens is 1. The van der Waals surface area contributed by atoms with Gasteiger partial charge in [-0.2, -0.15) is 0 Å². The van der Waals surface area contributed by atoms with E-state index in [0.717, 1.165) is 17.5 Å². The second-order valence-electron chi connectivity index (χ2n) is 3.51. The van der Waals surface area contributed by atoms with Crippen molar-refractivity contribution >= 4 is 28.5 Å². The molecule has 3 nitrogen and oxygen atoms in total. The van der Waals surface area contributed by atoms with Gasteiger partial charge in [0.05, 0.1) is 5.69 Å². The Morgan fingerprint density at radius 3 is 3.00 bits per heavy atom. The predicted octanol–water partition coefficient (Wildman–Crippen LogP) is 3.30. The number of oxazole rings is 1. The SMILES string of the molecule is CCC(C)Sc1nc2c(N)cccc2o1. The van der Waals surface area contributed by atoms with Crippen molar-refractivity contribution in [1.82, 2.24) is 4.98 Å². The van der Waals surface area contributed by atoms with Crippen LogP contribution in [-0.4, -0.2) is 10.2 Å². The van der Waals surface area contributed by atoms with Gasteiger partial charge in [0.25, 0.3) is 5.22 Å². The van der Waals surface area contributed by atoms with Gasteiger partial charge >= 0.3 is 0 Å². The largest absolute Gasteiger partial charge is 0.431 e. The van der Waals surface area contributed by atoms with E-state index in [1.807, 2.05) is 18.2 Å². The van der Waals surface area contributed by atoms with Crippen LogP contribution in [-0.2, 0) is 0 Å². The number of thioether (sulfide) groups is 1. The van der Waals surface area contributed by atoms with Gasteiger partial charge in [-0.1, -0.05) is 31.7 Å². The second-order valence-corrected chi connectivity index (χ2v) is 4.90. The van der Waals surface area contributed by atoms with Crippen LogP contribution in [0.2, 0.25) is 0 Å². The molecule has 0 spiro atoms. The summed E-state index contributed by atoms with van der Waals surface area (Å²) in [5.41, 5.74) is 8.01. The number of anilines is 1. The first kappa shape index (κ1) is 10.4. The number of rotatable bonds is 3. The summed E-state index contributed by atoms with van der Waals surface area (Å²) in [5.74, 6) is 0. The molecule has 0 aliphatic rings. The Labute approximate surface area is 93.0 Å². The number of benzene rings is 1. The molecule has 0 aliphatic heterocycles. The molecule has 0 bridgehead atoms. The van der Waals surface area contributed by atoms with Crippen molar-refractivity contribution in [1.29, 1.82) is 0 Å². The van der Waals surface area contributed by atoms with Crippen LogP contribution in [0.4, 0.5) is 5.69 Å². The highest BCUT2D eigenvalue weighted by Crippen LogP contribution is 2.29. The minimum atomic E-state index is 0.513. The summed E-state index contributed by atoms with van der Waals surface area (Å²) in [4.78, 5) is 4.37. The van der Waals surface area contributed by atoms with Gasteiger partial charge in [-0.05, 0) is 18.6 Å². The quantitative estimate of drug-likeness (QED) is 0.639. The molecule has 15 heavy (non-hydrogen) atoms. The number of hydrogen-bond acceptors (Lipinski definition) is 4. The molecule has 1 unspecified atom stereocenters. The van der Waals surface area contributed by atoms with Gasteiger partial charge < -0.3 is 10.2 Å².